The van der Waals surface area contributed by atoms with Gasteiger partial charge in [0.2, 0.25) is 17.6 Å². The number of ketones is 1. The smallest absolute Gasteiger partial charge is 0.315 e. The summed E-state index contributed by atoms with van der Waals surface area (Å²) in [6.07, 6.45) is 8.10. The first kappa shape index (κ1) is 39.4. The van der Waals surface area contributed by atoms with Crippen molar-refractivity contribution in [3.05, 3.63) is 42.5 Å². The first-order chi connectivity index (χ1) is 22.9. The number of fused-ring (bicyclic) bond motifs is 1. The second kappa shape index (κ2) is 16.6. The Labute approximate surface area is 293 Å². The van der Waals surface area contributed by atoms with Gasteiger partial charge in [0.15, 0.2) is 15.9 Å². The zero-order chi connectivity index (χ0) is 36.7. The van der Waals surface area contributed by atoms with E-state index in [1.54, 1.807) is 0 Å². The van der Waals surface area contributed by atoms with Gasteiger partial charge in [-0.1, -0.05) is 83.4 Å². The predicted octanol–water partition coefficient (Wildman–Crippen LogP) is 2.61. The van der Waals surface area contributed by atoms with E-state index < -0.39 is 81.4 Å². The fourth-order valence-electron chi connectivity index (χ4n) is 5.96. The Bertz CT molecular complexity index is 1490. The molecule has 1 aromatic carbocycles. The van der Waals surface area contributed by atoms with E-state index in [4.69, 9.17) is 6.42 Å². The lowest BCUT2D eigenvalue weighted by Gasteiger charge is -2.37. The zero-order valence-corrected chi connectivity index (χ0v) is 30.7. The van der Waals surface area contributed by atoms with Crippen LogP contribution in [-0.4, -0.2) is 82.5 Å². The molecule has 0 bridgehead atoms. The summed E-state index contributed by atoms with van der Waals surface area (Å²) in [5, 5.41) is 11.0. The van der Waals surface area contributed by atoms with Crippen LogP contribution >= 0.6 is 0 Å². The van der Waals surface area contributed by atoms with Gasteiger partial charge in [0.1, 0.15) is 12.1 Å². The zero-order valence-electron chi connectivity index (χ0n) is 29.8. The minimum absolute atomic E-state index is 0.0860. The fraction of sp³-hybridized carbons (Fsp3) is 0.583. The largest absolute Gasteiger partial charge is 0.346 e. The Morgan fingerprint density at radius 2 is 1.73 bits per heavy atom. The number of urea groups is 1. The van der Waals surface area contributed by atoms with E-state index in [-0.39, 0.29) is 25.9 Å². The Hall–Kier alpha value is -4.02. The van der Waals surface area contributed by atoms with Gasteiger partial charge in [-0.2, -0.15) is 0 Å². The standard InChI is InChI=1S/C36H52N6O6S/c1-10-15-25(29(43)32(45)37-18-11-2)38-31(44)26-19-23(12-3)20-42(26)33(46)30(36(7,8)9)40-34(47)39-28(35(4,5)6)22-41-21-24-16-13-14-17-27(24)49(41)48/h3,11,13-14,16-17,23,25-26,28,30H,2,10,15,18-22H2,1,4-9H3,(H,37,45)(H,38,44)(H2,39,40,47)/p+1/t23?,25?,26-,28+,30+,49?/m0/s1. The van der Waals surface area contributed by atoms with Gasteiger partial charge in [-0.05, 0) is 29.7 Å². The quantitative estimate of drug-likeness (QED) is 0.0817. The van der Waals surface area contributed by atoms with Crippen molar-refractivity contribution in [2.75, 3.05) is 19.6 Å². The van der Waals surface area contributed by atoms with Crippen LogP contribution in [0, 0.1) is 29.1 Å². The van der Waals surface area contributed by atoms with Crippen molar-refractivity contribution >= 4 is 40.5 Å². The summed E-state index contributed by atoms with van der Waals surface area (Å²) in [5.41, 5.74) is -0.198. The van der Waals surface area contributed by atoms with E-state index in [0.717, 1.165) is 10.5 Å². The summed E-state index contributed by atoms with van der Waals surface area (Å²) >= 11 is 0. The first-order valence-corrected chi connectivity index (χ1v) is 18.0. The van der Waals surface area contributed by atoms with Crippen LogP contribution in [0.3, 0.4) is 0 Å². The summed E-state index contributed by atoms with van der Waals surface area (Å²) in [6.45, 7) is 17.7. The van der Waals surface area contributed by atoms with Gasteiger partial charge in [0, 0.05) is 24.6 Å². The molecule has 6 atom stereocenters. The van der Waals surface area contributed by atoms with E-state index in [2.05, 4.69) is 33.8 Å². The number of amides is 5. The summed E-state index contributed by atoms with van der Waals surface area (Å²) in [7, 11) is -1.79. The Morgan fingerprint density at radius 3 is 2.31 bits per heavy atom. The van der Waals surface area contributed by atoms with Crippen LogP contribution in [0.5, 0.6) is 0 Å². The topological polar surface area (TPSA) is 157 Å². The average molecular weight is 698 g/mol. The molecule has 12 nitrogen and oxygen atoms in total. The number of hydrogen-bond acceptors (Lipinski definition) is 6. The Kier molecular flexibility index (Phi) is 13.3. The van der Waals surface area contributed by atoms with Gasteiger partial charge in [-0.15, -0.1) is 23.2 Å². The number of hydrogen-bond donors (Lipinski definition) is 4. The van der Waals surface area contributed by atoms with Crippen molar-refractivity contribution in [3.8, 4) is 12.3 Å². The summed E-state index contributed by atoms with van der Waals surface area (Å²) < 4.78 is 15.1. The minimum atomic E-state index is -1.79. The molecule has 4 N–H and O–H groups in total. The first-order valence-electron chi connectivity index (χ1n) is 16.8. The van der Waals surface area contributed by atoms with Crippen LogP contribution in [0.25, 0.3) is 0 Å². The molecule has 2 heterocycles. The van der Waals surface area contributed by atoms with Crippen LogP contribution in [-0.2, 0) is 40.9 Å². The highest BCUT2D eigenvalue weighted by atomic mass is 32.2. The van der Waals surface area contributed by atoms with Crippen LogP contribution < -0.4 is 21.3 Å². The lowest BCUT2D eigenvalue weighted by Crippen LogP contribution is -2.61. The van der Waals surface area contributed by atoms with E-state index in [9.17, 15) is 28.2 Å². The molecule has 2 aliphatic heterocycles. The molecule has 0 aromatic heterocycles. The number of nitrogens with zero attached hydrogens (tertiary/aromatic N) is 2. The molecule has 268 valence electrons. The van der Waals surface area contributed by atoms with Crippen molar-refractivity contribution in [1.82, 2.24) is 30.5 Å². The van der Waals surface area contributed by atoms with Crippen molar-refractivity contribution in [3.63, 3.8) is 0 Å². The Balaban J connectivity index is 1.78. The van der Waals surface area contributed by atoms with Gasteiger partial charge in [0.25, 0.3) is 5.91 Å². The number of likely N-dealkylation sites (tertiary alicyclic amines) is 1. The third-order valence-electron chi connectivity index (χ3n) is 8.90. The highest BCUT2D eigenvalue weighted by Gasteiger charge is 2.46. The molecule has 5 amide bonds. The molecule has 49 heavy (non-hydrogen) atoms. The molecular weight excluding hydrogens is 644 g/mol. The van der Waals surface area contributed by atoms with Crippen molar-refractivity contribution in [2.45, 2.75) is 103 Å². The maximum Gasteiger partial charge on any atom is 0.315 e. The van der Waals surface area contributed by atoms with Crippen molar-refractivity contribution < 1.29 is 28.2 Å². The molecule has 1 saturated heterocycles. The Morgan fingerprint density at radius 1 is 1.06 bits per heavy atom. The van der Waals surface area contributed by atoms with Crippen molar-refractivity contribution in [2.24, 2.45) is 16.7 Å². The van der Waals surface area contributed by atoms with Crippen LogP contribution in [0.4, 0.5) is 4.79 Å². The van der Waals surface area contributed by atoms with Gasteiger partial charge in [-0.25, -0.2) is 4.79 Å². The normalized spacial score (nSPS) is 21.0. The number of nitrogens with one attached hydrogen (secondary N) is 4. The molecule has 1 fully saturated rings. The summed E-state index contributed by atoms with van der Waals surface area (Å²) in [6, 6.07) is 3.44. The molecule has 3 unspecified atom stereocenters. The van der Waals surface area contributed by atoms with Gasteiger partial charge < -0.3 is 26.2 Å². The second-order valence-corrected chi connectivity index (χ2v) is 16.5. The van der Waals surface area contributed by atoms with Crippen LogP contribution in [0.2, 0.25) is 0 Å². The molecule has 1 aromatic rings. The number of carbonyl (C=O) groups excluding carboxylic acids is 5. The molecule has 0 aliphatic carbocycles. The maximum atomic E-state index is 14.3. The SMILES string of the molecule is C#CC1C[C@@H](C(=O)NC(CCC)C(=O)C(=O)NCC=C)N(C(=O)[C@@H](NC(=O)N[C@H](CN2Cc3ccccc3[SH+]2=O)C(C)(C)C)C(C)(C)C)C1. The van der Waals surface area contributed by atoms with Crippen LogP contribution in [0.15, 0.2) is 41.8 Å². The highest BCUT2D eigenvalue weighted by Crippen LogP contribution is 2.31. The summed E-state index contributed by atoms with van der Waals surface area (Å²) in [5.74, 6) is -0.504. The third-order valence-corrected chi connectivity index (χ3v) is 10.6. The number of Topliss-reactive ketones (excluding diaryl/α,β-unsaturated/α-hetero) is 1. The highest BCUT2D eigenvalue weighted by molar-refractivity contribution is 7.82. The average Bonchev–Trinajstić information content (AvgIpc) is 3.61. The van der Waals surface area contributed by atoms with E-state index in [1.807, 2.05) is 77.0 Å². The van der Waals surface area contributed by atoms with E-state index >= 15 is 0 Å². The van der Waals surface area contributed by atoms with Gasteiger partial charge >= 0.3 is 6.03 Å². The number of terminal acetylenes is 1. The monoisotopic (exact) mass is 697 g/mol. The van der Waals surface area contributed by atoms with E-state index in [1.165, 1.54) is 11.0 Å². The predicted molar refractivity (Wildman–Crippen MR) is 190 cm³/mol. The summed E-state index contributed by atoms with van der Waals surface area (Å²) in [4.78, 5) is 69.0. The van der Waals surface area contributed by atoms with Gasteiger partial charge in [-0.3, -0.25) is 19.2 Å². The van der Waals surface area contributed by atoms with Gasteiger partial charge in [0.05, 0.1) is 25.2 Å². The maximum absolute atomic E-state index is 14.3. The molecule has 13 heteroatoms. The lowest BCUT2D eigenvalue weighted by molar-refractivity contribution is -0.143. The second-order valence-electron chi connectivity index (χ2n) is 14.9. The number of rotatable bonds is 13. The molecular formula is C36H53N6O6S+. The number of benzene rings is 1. The molecule has 0 saturated carbocycles. The van der Waals surface area contributed by atoms with Crippen molar-refractivity contribution in [1.29, 1.82) is 0 Å². The van der Waals surface area contributed by atoms with Crippen LogP contribution in [0.1, 0.15) is 73.3 Å². The van der Waals surface area contributed by atoms with E-state index in [0.29, 0.717) is 19.5 Å². The molecule has 0 spiro atoms. The number of thiol groups is 1. The fourth-order valence-corrected chi connectivity index (χ4v) is 7.46. The molecule has 2 aliphatic rings. The third kappa shape index (κ3) is 10.0. The molecule has 3 rings (SSSR count). The number of carbonyl (C=O) groups is 5. The lowest BCUT2D eigenvalue weighted by atomic mass is 9.85. The molecule has 0 radical (unpaired) electrons. The minimum Gasteiger partial charge on any atom is -0.346 e.